The fourth-order valence-corrected chi connectivity index (χ4v) is 1.98. The van der Waals surface area contributed by atoms with E-state index in [0.717, 1.165) is 5.56 Å². The second kappa shape index (κ2) is 4.70. The minimum absolute atomic E-state index is 0.0619. The van der Waals surface area contributed by atoms with E-state index >= 15 is 0 Å². The van der Waals surface area contributed by atoms with Gasteiger partial charge in [0.2, 0.25) is 0 Å². The molecule has 0 radical (unpaired) electrons. The normalized spacial score (nSPS) is 16.9. The van der Waals surface area contributed by atoms with Crippen LogP contribution in [-0.4, -0.2) is 11.8 Å². The largest absolute Gasteiger partial charge is 0.465 e. The van der Waals surface area contributed by atoms with Crippen molar-refractivity contribution in [3.8, 4) is 0 Å². The molecule has 2 heterocycles. The van der Waals surface area contributed by atoms with Crippen LogP contribution in [0.5, 0.6) is 0 Å². The van der Waals surface area contributed by atoms with E-state index in [9.17, 15) is 9.59 Å². The van der Waals surface area contributed by atoms with Gasteiger partial charge in [-0.2, -0.15) is 0 Å². The highest BCUT2D eigenvalue weighted by molar-refractivity contribution is 6.31. The summed E-state index contributed by atoms with van der Waals surface area (Å²) in [4.78, 5) is 24.2. The van der Waals surface area contributed by atoms with Gasteiger partial charge in [0.05, 0.1) is 12.0 Å². The van der Waals surface area contributed by atoms with Crippen LogP contribution in [0.15, 0.2) is 52.7 Å². The molecular weight excluding hydrogens is 256 g/mol. The standard InChI is InChI=1S/C15H12N2O3/c1-10-7-8-20-13(10)9-12-14(18)16-17(15(12)19)11-5-3-2-4-6-11/h2-9H,1H3,(H,16,18)/b12-9-. The fraction of sp³-hybridized carbons (Fsp3) is 0.0667. The van der Waals surface area contributed by atoms with Crippen LogP contribution in [0.2, 0.25) is 0 Å². The van der Waals surface area contributed by atoms with Crippen molar-refractivity contribution in [2.75, 3.05) is 5.01 Å². The molecule has 1 aliphatic rings. The molecule has 1 N–H and O–H groups in total. The lowest BCUT2D eigenvalue weighted by atomic mass is 10.1. The van der Waals surface area contributed by atoms with Crippen LogP contribution in [0.25, 0.3) is 6.08 Å². The number of furan rings is 1. The average Bonchev–Trinajstić information content (AvgIpc) is 2.98. The number of nitrogens with one attached hydrogen (secondary N) is 1. The Morgan fingerprint density at radius 2 is 1.90 bits per heavy atom. The average molecular weight is 268 g/mol. The van der Waals surface area contributed by atoms with Crippen LogP contribution < -0.4 is 10.4 Å². The Morgan fingerprint density at radius 3 is 2.55 bits per heavy atom. The molecule has 1 aromatic carbocycles. The molecule has 1 aliphatic heterocycles. The molecule has 0 aliphatic carbocycles. The Kier molecular flexibility index (Phi) is 2.87. The molecule has 100 valence electrons. The van der Waals surface area contributed by atoms with Crippen molar-refractivity contribution in [3.63, 3.8) is 0 Å². The first-order valence-electron chi connectivity index (χ1n) is 6.13. The van der Waals surface area contributed by atoms with Crippen LogP contribution in [0, 0.1) is 6.92 Å². The molecule has 5 nitrogen and oxygen atoms in total. The zero-order valence-corrected chi connectivity index (χ0v) is 10.8. The zero-order chi connectivity index (χ0) is 14.1. The summed E-state index contributed by atoms with van der Waals surface area (Å²) in [6, 6.07) is 10.7. The van der Waals surface area contributed by atoms with Crippen LogP contribution in [0.1, 0.15) is 11.3 Å². The maximum Gasteiger partial charge on any atom is 0.282 e. The highest BCUT2D eigenvalue weighted by atomic mass is 16.3. The lowest BCUT2D eigenvalue weighted by Crippen LogP contribution is -2.35. The first-order chi connectivity index (χ1) is 9.66. The molecule has 2 aromatic rings. The number of carbonyl (C=O) groups excluding carboxylic acids is 2. The van der Waals surface area contributed by atoms with E-state index in [0.29, 0.717) is 11.4 Å². The Bertz CT molecular complexity index is 701. The maximum absolute atomic E-state index is 12.3. The van der Waals surface area contributed by atoms with Crippen molar-refractivity contribution < 1.29 is 14.0 Å². The van der Waals surface area contributed by atoms with E-state index in [-0.39, 0.29) is 5.57 Å². The molecule has 0 saturated carbocycles. The van der Waals surface area contributed by atoms with Gasteiger partial charge in [-0.1, -0.05) is 18.2 Å². The topological polar surface area (TPSA) is 62.6 Å². The van der Waals surface area contributed by atoms with Crippen molar-refractivity contribution in [2.24, 2.45) is 0 Å². The Morgan fingerprint density at radius 1 is 1.15 bits per heavy atom. The number of anilines is 1. The molecule has 0 unspecified atom stereocenters. The molecule has 5 heteroatoms. The third kappa shape index (κ3) is 1.99. The van der Waals surface area contributed by atoms with Crippen molar-refractivity contribution >= 4 is 23.6 Å². The number of hydrogen-bond donors (Lipinski definition) is 1. The SMILES string of the molecule is Cc1ccoc1/C=C1/C(=O)NN(c2ccccc2)C1=O. The number of rotatable bonds is 2. The third-order valence-corrected chi connectivity index (χ3v) is 3.08. The number of para-hydroxylation sites is 1. The van der Waals surface area contributed by atoms with E-state index in [1.165, 1.54) is 17.3 Å². The second-order valence-electron chi connectivity index (χ2n) is 4.44. The molecule has 0 bridgehead atoms. The fourth-order valence-electron chi connectivity index (χ4n) is 1.98. The Hall–Kier alpha value is -2.82. The van der Waals surface area contributed by atoms with Crippen molar-refractivity contribution in [1.29, 1.82) is 0 Å². The van der Waals surface area contributed by atoms with Gasteiger partial charge >= 0.3 is 0 Å². The van der Waals surface area contributed by atoms with E-state index < -0.39 is 11.8 Å². The van der Waals surface area contributed by atoms with Gasteiger partial charge in [0, 0.05) is 0 Å². The summed E-state index contributed by atoms with van der Waals surface area (Å²) in [5.74, 6) is -0.315. The first-order valence-corrected chi connectivity index (χ1v) is 6.13. The van der Waals surface area contributed by atoms with Gasteiger partial charge in [0.1, 0.15) is 11.3 Å². The predicted molar refractivity (Wildman–Crippen MR) is 73.5 cm³/mol. The molecule has 20 heavy (non-hydrogen) atoms. The molecular formula is C15H12N2O3. The highest BCUT2D eigenvalue weighted by Gasteiger charge is 2.34. The van der Waals surface area contributed by atoms with Gasteiger partial charge in [-0.3, -0.25) is 15.0 Å². The quantitative estimate of drug-likeness (QED) is 0.669. The van der Waals surface area contributed by atoms with Gasteiger partial charge in [0.15, 0.2) is 0 Å². The molecule has 1 saturated heterocycles. The molecule has 1 aromatic heterocycles. The van der Waals surface area contributed by atoms with Gasteiger partial charge in [-0.15, -0.1) is 0 Å². The van der Waals surface area contributed by atoms with E-state index in [4.69, 9.17) is 4.42 Å². The number of amides is 2. The van der Waals surface area contributed by atoms with Crippen LogP contribution >= 0.6 is 0 Å². The summed E-state index contributed by atoms with van der Waals surface area (Å²) in [5, 5.41) is 1.23. The van der Waals surface area contributed by atoms with Gasteiger partial charge < -0.3 is 4.42 Å². The number of hydrazine groups is 1. The third-order valence-electron chi connectivity index (χ3n) is 3.08. The molecule has 3 rings (SSSR count). The Labute approximate surface area is 115 Å². The number of carbonyl (C=O) groups is 2. The summed E-state index contributed by atoms with van der Waals surface area (Å²) in [6.45, 7) is 1.85. The minimum Gasteiger partial charge on any atom is -0.465 e. The van der Waals surface area contributed by atoms with Crippen LogP contribution in [0.3, 0.4) is 0 Å². The second-order valence-corrected chi connectivity index (χ2v) is 4.44. The molecule has 0 atom stereocenters. The molecule has 2 amide bonds. The van der Waals surface area contributed by atoms with Gasteiger partial charge in [-0.25, -0.2) is 5.01 Å². The first kappa shape index (κ1) is 12.2. The van der Waals surface area contributed by atoms with E-state index in [2.05, 4.69) is 5.43 Å². The smallest absolute Gasteiger partial charge is 0.282 e. The van der Waals surface area contributed by atoms with Gasteiger partial charge in [0.25, 0.3) is 11.8 Å². The zero-order valence-electron chi connectivity index (χ0n) is 10.8. The summed E-state index contributed by atoms with van der Waals surface area (Å²) < 4.78 is 5.24. The minimum atomic E-state index is -0.436. The monoisotopic (exact) mass is 268 g/mol. The van der Waals surface area contributed by atoms with Crippen LogP contribution in [0.4, 0.5) is 5.69 Å². The van der Waals surface area contributed by atoms with Crippen LogP contribution in [-0.2, 0) is 9.59 Å². The lowest BCUT2D eigenvalue weighted by molar-refractivity contribution is -0.117. The molecule has 0 spiro atoms. The maximum atomic E-state index is 12.3. The Balaban J connectivity index is 1.96. The number of aryl methyl sites for hydroxylation is 1. The van der Waals surface area contributed by atoms with E-state index in [1.54, 1.807) is 30.3 Å². The van der Waals surface area contributed by atoms with Crippen molar-refractivity contribution in [1.82, 2.24) is 5.43 Å². The summed E-state index contributed by atoms with van der Waals surface area (Å²) in [5.41, 5.74) is 4.09. The van der Waals surface area contributed by atoms with Crippen molar-refractivity contribution in [3.05, 3.63) is 59.6 Å². The number of benzene rings is 1. The number of nitrogens with zero attached hydrogens (tertiary/aromatic N) is 1. The summed E-state index contributed by atoms with van der Waals surface area (Å²) in [7, 11) is 0. The number of hydrogen-bond acceptors (Lipinski definition) is 3. The molecule has 1 fully saturated rings. The van der Waals surface area contributed by atoms with Crippen molar-refractivity contribution in [2.45, 2.75) is 6.92 Å². The van der Waals surface area contributed by atoms with Gasteiger partial charge in [-0.05, 0) is 36.8 Å². The lowest BCUT2D eigenvalue weighted by Gasteiger charge is -2.13. The van der Waals surface area contributed by atoms with E-state index in [1.807, 2.05) is 13.0 Å². The summed E-state index contributed by atoms with van der Waals surface area (Å²) >= 11 is 0. The summed E-state index contributed by atoms with van der Waals surface area (Å²) in [6.07, 6.45) is 2.99. The highest BCUT2D eigenvalue weighted by Crippen LogP contribution is 2.22. The predicted octanol–water partition coefficient (Wildman–Crippen LogP) is 2.05.